The minimum atomic E-state index is -1.39. The van der Waals surface area contributed by atoms with Crippen LogP contribution in [-0.4, -0.2) is 96.0 Å². The van der Waals surface area contributed by atoms with Crippen molar-refractivity contribution in [2.45, 2.75) is 90.1 Å². The number of alkyl carbamates (subject to hydrolysis) is 1. The maximum atomic E-state index is 15.1. The van der Waals surface area contributed by atoms with Crippen LogP contribution in [0.5, 0.6) is 0 Å². The molecule has 5 atom stereocenters. The van der Waals surface area contributed by atoms with E-state index in [4.69, 9.17) is 9.47 Å². The molecule has 0 aromatic heterocycles. The molecule has 1 saturated heterocycles. The number of urea groups is 1. The fourth-order valence-corrected chi connectivity index (χ4v) is 6.47. The highest BCUT2D eigenvalue weighted by molar-refractivity contribution is 5.99. The number of carbonyl (C=O) groups excluding carboxylic acids is 5. The summed E-state index contributed by atoms with van der Waals surface area (Å²) in [5.41, 5.74) is 0.613. The Kier molecular flexibility index (Phi) is 16.7. The molecule has 1 aliphatic heterocycles. The van der Waals surface area contributed by atoms with E-state index in [1.54, 1.807) is 77.1 Å². The van der Waals surface area contributed by atoms with E-state index in [-0.39, 0.29) is 44.3 Å². The molecule has 1 heterocycles. The van der Waals surface area contributed by atoms with E-state index in [2.05, 4.69) is 21.3 Å². The van der Waals surface area contributed by atoms with Gasteiger partial charge in [-0.25, -0.2) is 18.4 Å². The molecule has 4 rings (SSSR count). The number of morpholine rings is 1. The van der Waals surface area contributed by atoms with E-state index in [0.717, 1.165) is 11.6 Å². The second-order valence-electron chi connectivity index (χ2n) is 15.8. The SMILES string of the molecule is CC(C)C(NC(=O)C(Cc1ccc(F)cc1F)CC(O)C(Cc1ccccc1)NC(=O)OC(C)(C)C)C(=O)NC(Cc1ccccc1)C(=O)NC(=O)N1CCOCC1. The molecule has 1 fully saturated rings. The summed E-state index contributed by atoms with van der Waals surface area (Å²) < 4.78 is 39.7. The molecule has 3 aromatic carbocycles. The average molecular weight is 808 g/mol. The second kappa shape index (κ2) is 21.4. The van der Waals surface area contributed by atoms with Crippen LogP contribution in [0.4, 0.5) is 18.4 Å². The monoisotopic (exact) mass is 807 g/mol. The van der Waals surface area contributed by atoms with Gasteiger partial charge >= 0.3 is 12.1 Å². The Hall–Kier alpha value is -5.41. The lowest BCUT2D eigenvalue weighted by molar-refractivity contribution is -0.134. The number of halogens is 2. The number of aliphatic hydroxyl groups is 1. The van der Waals surface area contributed by atoms with Gasteiger partial charge in [0.1, 0.15) is 29.3 Å². The Morgan fingerprint density at radius 3 is 1.97 bits per heavy atom. The van der Waals surface area contributed by atoms with Crippen LogP contribution in [0.3, 0.4) is 0 Å². The number of amides is 6. The van der Waals surface area contributed by atoms with Gasteiger partial charge in [-0.05, 0) is 68.7 Å². The molecule has 13 nitrogen and oxygen atoms in total. The van der Waals surface area contributed by atoms with Gasteiger partial charge in [-0.1, -0.05) is 80.6 Å². The number of nitrogens with zero attached hydrogens (tertiary/aromatic N) is 1. The predicted molar refractivity (Wildman–Crippen MR) is 212 cm³/mol. The first-order valence-electron chi connectivity index (χ1n) is 19.5. The standard InChI is InChI=1S/C43H55F2N5O8/c1-27(2)37(40(54)46-35(23-29-14-10-7-11-15-29)39(53)49-41(55)50-18-20-57-21-19-50)48-38(52)31(24-30-16-17-32(44)26-33(30)45)25-36(51)34(22-28-12-8-6-9-13-28)47-42(56)58-43(3,4)5/h6-17,26-27,31,34-37,51H,18-25H2,1-5H3,(H,46,54)(H,47,56)(H,48,52)(H,49,53,55). The Morgan fingerprint density at radius 1 is 0.793 bits per heavy atom. The molecule has 0 bridgehead atoms. The highest BCUT2D eigenvalue weighted by Crippen LogP contribution is 2.22. The maximum Gasteiger partial charge on any atom is 0.407 e. The number of ether oxygens (including phenoxy) is 2. The van der Waals surface area contributed by atoms with Crippen LogP contribution in [-0.2, 0) is 43.1 Å². The van der Waals surface area contributed by atoms with Crippen LogP contribution in [0.2, 0.25) is 0 Å². The summed E-state index contributed by atoms with van der Waals surface area (Å²) in [6, 6.07) is 16.8. The third-order valence-corrected chi connectivity index (χ3v) is 9.53. The van der Waals surface area contributed by atoms with Crippen LogP contribution < -0.4 is 21.3 Å². The summed E-state index contributed by atoms with van der Waals surface area (Å²) in [5.74, 6) is -5.66. The van der Waals surface area contributed by atoms with Crippen LogP contribution in [0.15, 0.2) is 78.9 Å². The maximum absolute atomic E-state index is 15.1. The van der Waals surface area contributed by atoms with Crippen LogP contribution in [0, 0.1) is 23.5 Å². The van der Waals surface area contributed by atoms with E-state index in [0.29, 0.717) is 24.8 Å². The van der Waals surface area contributed by atoms with Crippen molar-refractivity contribution in [2.24, 2.45) is 11.8 Å². The number of hydrogen-bond donors (Lipinski definition) is 5. The molecule has 3 aromatic rings. The molecule has 58 heavy (non-hydrogen) atoms. The predicted octanol–water partition coefficient (Wildman–Crippen LogP) is 4.45. The van der Waals surface area contributed by atoms with E-state index in [1.807, 2.05) is 18.2 Å². The summed E-state index contributed by atoms with van der Waals surface area (Å²) in [6.07, 6.45) is -2.62. The summed E-state index contributed by atoms with van der Waals surface area (Å²) in [4.78, 5) is 69.1. The first-order valence-corrected chi connectivity index (χ1v) is 19.5. The van der Waals surface area contributed by atoms with Gasteiger partial charge in [-0.2, -0.15) is 0 Å². The van der Waals surface area contributed by atoms with Gasteiger partial charge in [0.2, 0.25) is 11.8 Å². The average Bonchev–Trinajstić information content (AvgIpc) is 3.17. The number of aliphatic hydroxyl groups excluding tert-OH is 1. The molecule has 0 aliphatic carbocycles. The summed E-state index contributed by atoms with van der Waals surface area (Å²) in [5, 5.41) is 22.2. The Morgan fingerprint density at radius 2 is 1.40 bits per heavy atom. The minimum Gasteiger partial charge on any atom is -0.444 e. The molecule has 314 valence electrons. The van der Waals surface area contributed by atoms with Gasteiger partial charge < -0.3 is 35.4 Å². The first-order chi connectivity index (χ1) is 27.5. The number of nitrogens with one attached hydrogen (secondary N) is 4. The quantitative estimate of drug-likeness (QED) is 0.141. The lowest BCUT2D eigenvalue weighted by Crippen LogP contribution is -2.58. The van der Waals surface area contributed by atoms with Crippen molar-refractivity contribution >= 4 is 29.8 Å². The molecular formula is C43H55F2N5O8. The van der Waals surface area contributed by atoms with E-state index in [9.17, 15) is 33.5 Å². The molecule has 0 saturated carbocycles. The third kappa shape index (κ3) is 14.5. The summed E-state index contributed by atoms with van der Waals surface area (Å²) in [7, 11) is 0. The lowest BCUT2D eigenvalue weighted by atomic mass is 9.88. The number of benzene rings is 3. The van der Waals surface area contributed by atoms with Crippen LogP contribution in [0.1, 0.15) is 57.7 Å². The van der Waals surface area contributed by atoms with Gasteiger partial charge in [-0.15, -0.1) is 0 Å². The highest BCUT2D eigenvalue weighted by atomic mass is 19.1. The van der Waals surface area contributed by atoms with Crippen molar-refractivity contribution in [1.82, 2.24) is 26.2 Å². The van der Waals surface area contributed by atoms with Crippen molar-refractivity contribution in [3.8, 4) is 0 Å². The first kappa shape index (κ1) is 45.3. The lowest BCUT2D eigenvalue weighted by Gasteiger charge is -2.31. The smallest absolute Gasteiger partial charge is 0.407 e. The van der Waals surface area contributed by atoms with Crippen molar-refractivity contribution in [1.29, 1.82) is 0 Å². The van der Waals surface area contributed by atoms with Crippen LogP contribution >= 0.6 is 0 Å². The Balaban J connectivity index is 1.58. The zero-order valence-corrected chi connectivity index (χ0v) is 33.6. The number of rotatable bonds is 16. The largest absolute Gasteiger partial charge is 0.444 e. The normalized spacial score (nSPS) is 15.6. The van der Waals surface area contributed by atoms with Crippen LogP contribution in [0.25, 0.3) is 0 Å². The number of hydrogen-bond acceptors (Lipinski definition) is 8. The van der Waals surface area contributed by atoms with Gasteiger partial charge in [0.05, 0.1) is 25.4 Å². The van der Waals surface area contributed by atoms with Gasteiger partial charge in [0, 0.05) is 31.5 Å². The molecule has 15 heteroatoms. The molecular weight excluding hydrogens is 752 g/mol. The number of imide groups is 1. The zero-order valence-electron chi connectivity index (χ0n) is 33.6. The zero-order chi connectivity index (χ0) is 42.4. The topological polar surface area (TPSA) is 175 Å². The fraction of sp³-hybridized carbons (Fsp3) is 0.465. The van der Waals surface area contributed by atoms with Crippen molar-refractivity contribution < 1.29 is 47.3 Å². The van der Waals surface area contributed by atoms with E-state index in [1.165, 1.54) is 11.0 Å². The van der Waals surface area contributed by atoms with Gasteiger partial charge in [0.25, 0.3) is 5.91 Å². The summed E-state index contributed by atoms with van der Waals surface area (Å²) in [6.45, 7) is 9.66. The van der Waals surface area contributed by atoms with Crippen molar-refractivity contribution in [2.75, 3.05) is 26.3 Å². The Labute approximate surface area is 338 Å². The molecule has 6 amide bonds. The molecule has 0 radical (unpaired) electrons. The molecule has 5 N–H and O–H groups in total. The molecule has 5 unspecified atom stereocenters. The number of carbonyl (C=O) groups is 5. The molecule has 0 spiro atoms. The van der Waals surface area contributed by atoms with Gasteiger partial charge in [-0.3, -0.25) is 19.7 Å². The van der Waals surface area contributed by atoms with Crippen molar-refractivity contribution in [3.05, 3.63) is 107 Å². The van der Waals surface area contributed by atoms with Crippen molar-refractivity contribution in [3.63, 3.8) is 0 Å². The van der Waals surface area contributed by atoms with Gasteiger partial charge in [0.15, 0.2) is 0 Å². The Bertz CT molecular complexity index is 1840. The second-order valence-corrected chi connectivity index (χ2v) is 15.8. The van der Waals surface area contributed by atoms with E-state index < -0.39 is 83.1 Å². The summed E-state index contributed by atoms with van der Waals surface area (Å²) >= 11 is 0. The fourth-order valence-electron chi connectivity index (χ4n) is 6.47. The third-order valence-electron chi connectivity index (χ3n) is 9.53. The highest BCUT2D eigenvalue weighted by Gasteiger charge is 2.35. The minimum absolute atomic E-state index is 0.0106. The molecule has 1 aliphatic rings. The van der Waals surface area contributed by atoms with E-state index >= 15 is 4.39 Å².